The molecular formula is C24H23N3O4S. The molecule has 8 heteroatoms. The van der Waals surface area contributed by atoms with E-state index in [2.05, 4.69) is 10.6 Å². The number of thioether (sulfide) groups is 1. The molecule has 0 atom stereocenters. The zero-order valence-corrected chi connectivity index (χ0v) is 18.6. The summed E-state index contributed by atoms with van der Waals surface area (Å²) >= 11 is 1.36. The number of carbonyl (C=O) groups is 2. The zero-order chi connectivity index (χ0) is 23.1. The number of anilines is 2. The maximum absolute atomic E-state index is 12.5. The van der Waals surface area contributed by atoms with Crippen molar-refractivity contribution in [3.8, 4) is 0 Å². The van der Waals surface area contributed by atoms with Gasteiger partial charge in [-0.15, -0.1) is 11.8 Å². The van der Waals surface area contributed by atoms with Gasteiger partial charge in [0.1, 0.15) is 0 Å². The van der Waals surface area contributed by atoms with Crippen LogP contribution in [0.5, 0.6) is 0 Å². The zero-order valence-electron chi connectivity index (χ0n) is 17.8. The summed E-state index contributed by atoms with van der Waals surface area (Å²) in [7, 11) is 0. The number of hydrogen-bond donors (Lipinski definition) is 2. The molecule has 0 unspecified atom stereocenters. The summed E-state index contributed by atoms with van der Waals surface area (Å²) in [4.78, 5) is 36.1. The lowest BCUT2D eigenvalue weighted by Gasteiger charge is -2.13. The average molecular weight is 450 g/mol. The number of carbonyl (C=O) groups excluding carboxylic acids is 2. The van der Waals surface area contributed by atoms with Crippen LogP contribution in [0.3, 0.4) is 0 Å². The lowest BCUT2D eigenvalue weighted by atomic mass is 10.1. The van der Waals surface area contributed by atoms with Crippen molar-refractivity contribution in [3.05, 3.63) is 93.5 Å². The molecule has 0 bridgehead atoms. The van der Waals surface area contributed by atoms with Crippen molar-refractivity contribution in [1.82, 2.24) is 0 Å². The second kappa shape index (κ2) is 10.6. The fourth-order valence-corrected chi connectivity index (χ4v) is 3.91. The number of nitro groups is 1. The molecule has 0 fully saturated rings. The molecule has 0 saturated carbocycles. The first-order chi connectivity index (χ1) is 15.4. The number of nitrogens with one attached hydrogen (secondary N) is 2. The topological polar surface area (TPSA) is 101 Å². The van der Waals surface area contributed by atoms with E-state index >= 15 is 0 Å². The highest BCUT2D eigenvalue weighted by Crippen LogP contribution is 2.25. The minimum absolute atomic E-state index is 0.106. The first kappa shape index (κ1) is 23.0. The predicted octanol–water partition coefficient (Wildman–Crippen LogP) is 5.45. The van der Waals surface area contributed by atoms with Gasteiger partial charge in [-0.1, -0.05) is 37.3 Å². The second-order valence-corrected chi connectivity index (χ2v) is 8.14. The van der Waals surface area contributed by atoms with Crippen molar-refractivity contribution in [1.29, 1.82) is 0 Å². The fourth-order valence-electron chi connectivity index (χ4n) is 3.15. The van der Waals surface area contributed by atoms with Crippen LogP contribution in [0.4, 0.5) is 17.1 Å². The van der Waals surface area contributed by atoms with Crippen molar-refractivity contribution < 1.29 is 14.5 Å². The average Bonchev–Trinajstić information content (AvgIpc) is 2.79. The van der Waals surface area contributed by atoms with E-state index in [0.29, 0.717) is 5.69 Å². The third kappa shape index (κ3) is 5.95. The number of benzene rings is 3. The van der Waals surface area contributed by atoms with Crippen LogP contribution in [-0.2, 0) is 11.2 Å². The minimum atomic E-state index is -0.542. The molecule has 32 heavy (non-hydrogen) atoms. The molecule has 7 nitrogen and oxygen atoms in total. The van der Waals surface area contributed by atoms with Crippen LogP contribution >= 0.6 is 11.8 Å². The maximum Gasteiger partial charge on any atom is 0.270 e. The highest BCUT2D eigenvalue weighted by Gasteiger charge is 2.13. The highest BCUT2D eigenvalue weighted by molar-refractivity contribution is 8.00. The molecular weight excluding hydrogens is 426 g/mol. The van der Waals surface area contributed by atoms with Gasteiger partial charge in [0.25, 0.3) is 11.6 Å². The van der Waals surface area contributed by atoms with Crippen molar-refractivity contribution >= 4 is 40.6 Å². The van der Waals surface area contributed by atoms with E-state index in [9.17, 15) is 19.7 Å². The maximum atomic E-state index is 12.5. The molecule has 0 spiro atoms. The lowest BCUT2D eigenvalue weighted by Crippen LogP contribution is -2.16. The number of rotatable bonds is 8. The Morgan fingerprint density at radius 2 is 1.75 bits per heavy atom. The number of aryl methyl sites for hydroxylation is 2. The van der Waals surface area contributed by atoms with Gasteiger partial charge in [-0.3, -0.25) is 19.7 Å². The number of nitro benzene ring substituents is 1. The first-order valence-corrected chi connectivity index (χ1v) is 11.0. The molecule has 0 saturated heterocycles. The Balaban J connectivity index is 1.62. The minimum Gasteiger partial charge on any atom is -0.325 e. The molecule has 0 heterocycles. The standard InChI is InChI=1S/C24H23N3O4S/c1-3-17-8-4-7-16(2)23(17)26-22(28)15-32-21-12-6-10-19(14-21)25-24(29)18-9-5-11-20(13-18)27(30)31/h4-14H,3,15H2,1-2H3,(H,25,29)(H,26,28). The Morgan fingerprint density at radius 3 is 2.50 bits per heavy atom. The van der Waals surface area contributed by atoms with Crippen molar-refractivity contribution in [2.75, 3.05) is 16.4 Å². The van der Waals surface area contributed by atoms with E-state index in [1.807, 2.05) is 38.1 Å². The molecule has 2 N–H and O–H groups in total. The molecule has 3 aromatic rings. The Hall–Kier alpha value is -3.65. The van der Waals surface area contributed by atoms with E-state index in [0.717, 1.165) is 28.1 Å². The van der Waals surface area contributed by atoms with Gasteiger partial charge in [0.2, 0.25) is 5.91 Å². The first-order valence-electron chi connectivity index (χ1n) is 10.0. The van der Waals surface area contributed by atoms with E-state index in [1.54, 1.807) is 18.2 Å². The second-order valence-electron chi connectivity index (χ2n) is 7.09. The third-order valence-electron chi connectivity index (χ3n) is 4.79. The van der Waals surface area contributed by atoms with E-state index in [-0.39, 0.29) is 22.9 Å². The van der Waals surface area contributed by atoms with Gasteiger partial charge in [0, 0.05) is 34.0 Å². The number of amides is 2. The monoisotopic (exact) mass is 449 g/mol. The van der Waals surface area contributed by atoms with E-state index in [1.165, 1.54) is 36.0 Å². The smallest absolute Gasteiger partial charge is 0.270 e. The number of para-hydroxylation sites is 1. The van der Waals surface area contributed by atoms with Gasteiger partial charge in [-0.25, -0.2) is 0 Å². The molecule has 0 aliphatic rings. The summed E-state index contributed by atoms with van der Waals surface area (Å²) in [6.45, 7) is 4.02. The van der Waals surface area contributed by atoms with Gasteiger partial charge in [0.15, 0.2) is 0 Å². The van der Waals surface area contributed by atoms with Crippen LogP contribution in [0, 0.1) is 17.0 Å². The van der Waals surface area contributed by atoms with Crippen LogP contribution in [0.1, 0.15) is 28.4 Å². The van der Waals surface area contributed by atoms with Crippen LogP contribution in [0.2, 0.25) is 0 Å². The summed E-state index contributed by atoms with van der Waals surface area (Å²) in [6, 6.07) is 18.6. The molecule has 0 radical (unpaired) electrons. The Bertz CT molecular complexity index is 1160. The SMILES string of the molecule is CCc1cccc(C)c1NC(=O)CSc1cccc(NC(=O)c2cccc([N+](=O)[O-])c2)c1. The molecule has 0 aliphatic heterocycles. The number of non-ortho nitro benzene ring substituents is 1. The number of nitrogens with zero attached hydrogens (tertiary/aromatic N) is 1. The van der Waals surface area contributed by atoms with Crippen LogP contribution in [0.25, 0.3) is 0 Å². The molecule has 3 rings (SSSR count). The largest absolute Gasteiger partial charge is 0.325 e. The highest BCUT2D eigenvalue weighted by atomic mass is 32.2. The summed E-state index contributed by atoms with van der Waals surface area (Å²) in [5, 5.41) is 16.7. The van der Waals surface area contributed by atoms with Gasteiger partial charge >= 0.3 is 0 Å². The predicted molar refractivity (Wildman–Crippen MR) is 127 cm³/mol. The number of hydrogen-bond acceptors (Lipinski definition) is 5. The van der Waals surface area contributed by atoms with Crippen LogP contribution < -0.4 is 10.6 Å². The Morgan fingerprint density at radius 1 is 1.00 bits per heavy atom. The molecule has 0 aliphatic carbocycles. The van der Waals surface area contributed by atoms with E-state index < -0.39 is 10.8 Å². The van der Waals surface area contributed by atoms with Crippen molar-refractivity contribution in [3.63, 3.8) is 0 Å². The Kier molecular flexibility index (Phi) is 7.62. The quantitative estimate of drug-likeness (QED) is 0.271. The Labute approximate surface area is 190 Å². The molecule has 0 aromatic heterocycles. The summed E-state index contributed by atoms with van der Waals surface area (Å²) < 4.78 is 0. The van der Waals surface area contributed by atoms with Crippen LogP contribution in [-0.4, -0.2) is 22.5 Å². The third-order valence-corrected chi connectivity index (χ3v) is 5.78. The normalized spacial score (nSPS) is 10.4. The van der Waals surface area contributed by atoms with Crippen molar-refractivity contribution in [2.45, 2.75) is 25.2 Å². The lowest BCUT2D eigenvalue weighted by molar-refractivity contribution is -0.384. The van der Waals surface area contributed by atoms with Gasteiger partial charge in [-0.2, -0.15) is 0 Å². The fraction of sp³-hybridized carbons (Fsp3) is 0.167. The van der Waals surface area contributed by atoms with Gasteiger partial charge in [0.05, 0.1) is 10.7 Å². The van der Waals surface area contributed by atoms with E-state index in [4.69, 9.17) is 0 Å². The molecule has 2 amide bonds. The summed E-state index contributed by atoms with van der Waals surface area (Å²) in [5.74, 6) is -0.329. The molecule has 164 valence electrons. The van der Waals surface area contributed by atoms with Crippen molar-refractivity contribution in [2.24, 2.45) is 0 Å². The van der Waals surface area contributed by atoms with Gasteiger partial charge in [-0.05, 0) is 48.7 Å². The summed E-state index contributed by atoms with van der Waals surface area (Å²) in [5.41, 5.74) is 3.56. The molecule has 3 aromatic carbocycles. The van der Waals surface area contributed by atoms with Gasteiger partial charge < -0.3 is 10.6 Å². The van der Waals surface area contributed by atoms with Crippen LogP contribution in [0.15, 0.2) is 71.6 Å². The summed E-state index contributed by atoms with van der Waals surface area (Å²) in [6.07, 6.45) is 0.830.